The minimum atomic E-state index is 0.878. The molecule has 0 unspecified atom stereocenters. The number of benzene rings is 11. The molecule has 0 saturated carbocycles. The molecule has 13 rings (SSSR count). The van der Waals surface area contributed by atoms with E-state index in [-0.39, 0.29) is 0 Å². The van der Waals surface area contributed by atoms with Gasteiger partial charge in [0.1, 0.15) is 11.2 Å². The minimum absolute atomic E-state index is 0.878. The number of aromatic nitrogens is 1. The van der Waals surface area contributed by atoms with Gasteiger partial charge in [0.15, 0.2) is 0 Å². The Morgan fingerprint density at radius 3 is 1.50 bits per heavy atom. The molecular formula is C58H35NO. The van der Waals surface area contributed by atoms with Crippen molar-refractivity contribution in [2.75, 3.05) is 0 Å². The van der Waals surface area contributed by atoms with Gasteiger partial charge >= 0.3 is 0 Å². The van der Waals surface area contributed by atoms with E-state index < -0.39 is 0 Å². The quantitative estimate of drug-likeness (QED) is 0.163. The van der Waals surface area contributed by atoms with Crippen LogP contribution in [0.1, 0.15) is 0 Å². The van der Waals surface area contributed by atoms with E-state index in [1.807, 2.05) is 0 Å². The van der Waals surface area contributed by atoms with Crippen LogP contribution in [0.5, 0.6) is 0 Å². The first-order valence-corrected chi connectivity index (χ1v) is 20.7. The predicted octanol–water partition coefficient (Wildman–Crippen LogP) is 16.3. The van der Waals surface area contributed by atoms with Crippen molar-refractivity contribution in [3.8, 4) is 39.1 Å². The maximum Gasteiger partial charge on any atom is 0.136 e. The second-order valence-electron chi connectivity index (χ2n) is 15.9. The number of rotatable bonds is 4. The van der Waals surface area contributed by atoms with E-state index in [2.05, 4.69) is 217 Å². The van der Waals surface area contributed by atoms with E-state index in [4.69, 9.17) is 4.42 Å². The van der Waals surface area contributed by atoms with Crippen molar-refractivity contribution in [1.29, 1.82) is 0 Å². The Labute approximate surface area is 345 Å². The number of furan rings is 1. The molecule has 0 fully saturated rings. The fourth-order valence-electron chi connectivity index (χ4n) is 10.2. The van der Waals surface area contributed by atoms with Crippen molar-refractivity contribution in [3.63, 3.8) is 0 Å². The van der Waals surface area contributed by atoms with Gasteiger partial charge in [0.25, 0.3) is 0 Å². The van der Waals surface area contributed by atoms with Crippen molar-refractivity contribution < 1.29 is 4.42 Å². The smallest absolute Gasteiger partial charge is 0.136 e. The third kappa shape index (κ3) is 4.76. The molecule has 2 aromatic heterocycles. The van der Waals surface area contributed by atoms with Crippen molar-refractivity contribution in [2.45, 2.75) is 0 Å². The highest BCUT2D eigenvalue weighted by Gasteiger charge is 2.21. The lowest BCUT2D eigenvalue weighted by Gasteiger charge is -2.20. The lowest BCUT2D eigenvalue weighted by molar-refractivity contribution is 0.669. The topological polar surface area (TPSA) is 18.1 Å². The van der Waals surface area contributed by atoms with Gasteiger partial charge in [-0.3, -0.25) is 0 Å². The summed E-state index contributed by atoms with van der Waals surface area (Å²) >= 11 is 0. The summed E-state index contributed by atoms with van der Waals surface area (Å²) in [4.78, 5) is 0. The molecule has 60 heavy (non-hydrogen) atoms. The summed E-state index contributed by atoms with van der Waals surface area (Å²) in [6.07, 6.45) is 0. The van der Waals surface area contributed by atoms with Crippen LogP contribution in [-0.2, 0) is 0 Å². The van der Waals surface area contributed by atoms with Crippen LogP contribution in [0.15, 0.2) is 217 Å². The van der Waals surface area contributed by atoms with E-state index in [0.29, 0.717) is 0 Å². The third-order valence-corrected chi connectivity index (χ3v) is 12.7. The van der Waals surface area contributed by atoms with Crippen LogP contribution >= 0.6 is 0 Å². The summed E-state index contributed by atoms with van der Waals surface area (Å²) in [7, 11) is 0. The van der Waals surface area contributed by atoms with Gasteiger partial charge < -0.3 is 8.98 Å². The highest BCUT2D eigenvalue weighted by Crippen LogP contribution is 2.48. The Kier molecular flexibility index (Phi) is 7.05. The molecule has 2 heterocycles. The SMILES string of the molecule is c1ccc2c(-c3c4ccccc4c(-c4cc(-c5cccc6oc7ccc(-n8c9ccccc9c9ccccc98)cc7c56)c5ccccc5c4)c4ccccc34)cccc2c1. The van der Waals surface area contributed by atoms with Crippen LogP contribution in [0.3, 0.4) is 0 Å². The van der Waals surface area contributed by atoms with Crippen LogP contribution in [0.2, 0.25) is 0 Å². The van der Waals surface area contributed by atoms with Gasteiger partial charge in [0.2, 0.25) is 0 Å². The summed E-state index contributed by atoms with van der Waals surface area (Å²) in [5.41, 5.74) is 12.6. The highest BCUT2D eigenvalue weighted by molar-refractivity contribution is 6.25. The molecule has 278 valence electrons. The van der Waals surface area contributed by atoms with Crippen LogP contribution < -0.4 is 0 Å². The molecule has 2 nitrogen and oxygen atoms in total. The molecule has 13 aromatic rings. The summed E-state index contributed by atoms with van der Waals surface area (Å²) < 4.78 is 9.07. The zero-order valence-corrected chi connectivity index (χ0v) is 32.6. The Balaban J connectivity index is 1.09. The molecule has 0 saturated heterocycles. The van der Waals surface area contributed by atoms with Crippen LogP contribution in [0.4, 0.5) is 0 Å². The maximum absolute atomic E-state index is 6.68. The summed E-state index contributed by atoms with van der Waals surface area (Å²) in [5.74, 6) is 0. The largest absolute Gasteiger partial charge is 0.456 e. The van der Waals surface area contributed by atoms with E-state index in [0.717, 1.165) is 33.2 Å². The van der Waals surface area contributed by atoms with Crippen molar-refractivity contribution >= 4 is 86.8 Å². The first kappa shape index (κ1) is 33.1. The zero-order chi connectivity index (χ0) is 39.3. The summed E-state index contributed by atoms with van der Waals surface area (Å²) in [6.45, 7) is 0. The maximum atomic E-state index is 6.68. The van der Waals surface area contributed by atoms with Gasteiger partial charge in [-0.25, -0.2) is 0 Å². The van der Waals surface area contributed by atoms with Crippen LogP contribution in [-0.4, -0.2) is 4.57 Å². The number of nitrogens with zero attached hydrogens (tertiary/aromatic N) is 1. The van der Waals surface area contributed by atoms with Crippen LogP contribution in [0, 0.1) is 0 Å². The number of hydrogen-bond donors (Lipinski definition) is 0. The fourth-order valence-corrected chi connectivity index (χ4v) is 10.2. The molecular weight excluding hydrogens is 727 g/mol. The van der Waals surface area contributed by atoms with E-state index in [1.165, 1.54) is 92.7 Å². The Bertz CT molecular complexity index is 3780. The Morgan fingerprint density at radius 1 is 0.300 bits per heavy atom. The monoisotopic (exact) mass is 761 g/mol. The zero-order valence-electron chi connectivity index (χ0n) is 32.6. The van der Waals surface area contributed by atoms with E-state index >= 15 is 0 Å². The molecule has 0 N–H and O–H groups in total. The lowest BCUT2D eigenvalue weighted by atomic mass is 9.83. The van der Waals surface area contributed by atoms with Crippen molar-refractivity contribution in [2.24, 2.45) is 0 Å². The standard InChI is InChI=1S/C58H35NO/c1-3-18-40-36(15-1)17-13-26-44(40)57-47-24-7-5-22-45(47)56(46-23-6-8-25-48(46)57)38-33-37-16-2-4-19-41(37)50(34-38)49-27-14-30-55-58(49)51-35-39(31-32-54(51)60-55)59-52-28-11-9-20-42(52)43-21-10-12-29-53(43)59/h1-35H. The van der Waals surface area contributed by atoms with Gasteiger partial charge in [-0.1, -0.05) is 164 Å². The number of fused-ring (bicyclic) bond motifs is 10. The molecule has 0 aliphatic rings. The molecule has 0 aliphatic carbocycles. The normalized spacial score (nSPS) is 12.0. The highest BCUT2D eigenvalue weighted by atomic mass is 16.3. The third-order valence-electron chi connectivity index (χ3n) is 12.7. The first-order chi connectivity index (χ1) is 29.8. The Morgan fingerprint density at radius 2 is 0.817 bits per heavy atom. The van der Waals surface area contributed by atoms with Gasteiger partial charge in [-0.15, -0.1) is 0 Å². The van der Waals surface area contributed by atoms with Gasteiger partial charge in [-0.2, -0.15) is 0 Å². The molecule has 0 radical (unpaired) electrons. The average molecular weight is 762 g/mol. The molecule has 11 aromatic carbocycles. The first-order valence-electron chi connectivity index (χ1n) is 20.7. The molecule has 0 bridgehead atoms. The average Bonchev–Trinajstić information content (AvgIpc) is 3.86. The Hall–Kier alpha value is -7.94. The van der Waals surface area contributed by atoms with Crippen molar-refractivity contribution in [3.05, 3.63) is 212 Å². The minimum Gasteiger partial charge on any atom is -0.456 e. The summed E-state index contributed by atoms with van der Waals surface area (Å²) in [6, 6.07) is 77.6. The molecule has 0 amide bonds. The van der Waals surface area contributed by atoms with E-state index in [1.54, 1.807) is 0 Å². The molecule has 2 heteroatoms. The second kappa shape index (κ2) is 12.8. The molecule has 0 atom stereocenters. The van der Waals surface area contributed by atoms with Gasteiger partial charge in [0.05, 0.1) is 11.0 Å². The second-order valence-corrected chi connectivity index (χ2v) is 15.9. The van der Waals surface area contributed by atoms with Crippen molar-refractivity contribution in [1.82, 2.24) is 4.57 Å². The predicted molar refractivity (Wildman–Crippen MR) is 254 cm³/mol. The molecule has 0 spiro atoms. The van der Waals surface area contributed by atoms with Gasteiger partial charge in [-0.05, 0) is 125 Å². The fraction of sp³-hybridized carbons (Fsp3) is 0. The number of hydrogen-bond acceptors (Lipinski definition) is 1. The van der Waals surface area contributed by atoms with Gasteiger partial charge in [0, 0.05) is 27.2 Å². The lowest BCUT2D eigenvalue weighted by Crippen LogP contribution is -1.93. The van der Waals surface area contributed by atoms with Crippen LogP contribution in [0.25, 0.3) is 126 Å². The molecule has 0 aliphatic heterocycles. The summed E-state index contributed by atoms with van der Waals surface area (Å²) in [5, 5.41) is 14.6. The van der Waals surface area contributed by atoms with E-state index in [9.17, 15) is 0 Å². The number of para-hydroxylation sites is 2.